The predicted octanol–water partition coefficient (Wildman–Crippen LogP) is 3.43. The van der Waals surface area contributed by atoms with Gasteiger partial charge in [0.05, 0.1) is 5.41 Å². The summed E-state index contributed by atoms with van der Waals surface area (Å²) in [4.78, 5) is 29.8. The van der Waals surface area contributed by atoms with E-state index in [1.54, 1.807) is 17.0 Å². The van der Waals surface area contributed by atoms with Crippen LogP contribution in [0, 0.1) is 12.7 Å². The van der Waals surface area contributed by atoms with Crippen molar-refractivity contribution in [1.29, 1.82) is 0 Å². The van der Waals surface area contributed by atoms with E-state index < -0.39 is 11.5 Å². The molecule has 2 amide bonds. The molecule has 1 saturated heterocycles. The maximum absolute atomic E-state index is 13.3. The third-order valence-corrected chi connectivity index (χ3v) is 6.02. The molecule has 1 heterocycles. The van der Waals surface area contributed by atoms with Gasteiger partial charge in [0, 0.05) is 19.6 Å². The first-order valence-corrected chi connectivity index (χ1v) is 9.82. The lowest BCUT2D eigenvalue weighted by molar-refractivity contribution is -0.152. The van der Waals surface area contributed by atoms with Gasteiger partial charge in [-0.05, 0) is 49.9 Å². The Hall–Kier alpha value is -2.69. The molecule has 1 aliphatic carbocycles. The number of rotatable bonds is 4. The fourth-order valence-electron chi connectivity index (χ4n) is 4.19. The Labute approximate surface area is 164 Å². The molecule has 2 aromatic rings. The number of aryl methyl sites for hydroxylation is 1. The van der Waals surface area contributed by atoms with Crippen LogP contribution in [-0.2, 0) is 21.5 Å². The Morgan fingerprint density at radius 1 is 1.14 bits per heavy atom. The third-order valence-electron chi connectivity index (χ3n) is 6.02. The van der Waals surface area contributed by atoms with Gasteiger partial charge >= 0.3 is 0 Å². The molecule has 0 unspecified atom stereocenters. The lowest BCUT2D eigenvalue weighted by Crippen LogP contribution is -2.59. The number of hydrogen-bond acceptors (Lipinski definition) is 2. The van der Waals surface area contributed by atoms with Crippen molar-refractivity contribution in [2.24, 2.45) is 0 Å². The second-order valence-corrected chi connectivity index (χ2v) is 8.01. The maximum Gasteiger partial charge on any atom is 0.245 e. The second kappa shape index (κ2) is 7.04. The van der Waals surface area contributed by atoms with E-state index in [4.69, 9.17) is 0 Å². The summed E-state index contributed by atoms with van der Waals surface area (Å²) in [5.41, 5.74) is 2.54. The molecule has 1 atom stereocenters. The molecule has 0 radical (unpaired) electrons. The van der Waals surface area contributed by atoms with Crippen LogP contribution < -0.4 is 0 Å². The Bertz CT molecular complexity index is 905. The largest absolute Gasteiger partial charge is 0.335 e. The standard InChI is InChI=1S/C23H25FN2O2/c1-16-4-3-5-18(14-16)15-25-12-13-26(17(2)21(25)27)22(28)23(10-11-23)19-6-8-20(24)9-7-19/h3-9,14,17H,10-13,15H2,1-2H3/t17-/m0/s1. The van der Waals surface area contributed by atoms with Crippen LogP contribution >= 0.6 is 0 Å². The summed E-state index contributed by atoms with van der Waals surface area (Å²) in [6, 6.07) is 13.9. The number of nitrogens with zero attached hydrogens (tertiary/aromatic N) is 2. The van der Waals surface area contributed by atoms with Crippen molar-refractivity contribution >= 4 is 11.8 Å². The van der Waals surface area contributed by atoms with Gasteiger partial charge in [0.1, 0.15) is 11.9 Å². The maximum atomic E-state index is 13.3. The molecule has 4 rings (SSSR count). The Morgan fingerprint density at radius 3 is 2.50 bits per heavy atom. The summed E-state index contributed by atoms with van der Waals surface area (Å²) in [5, 5.41) is 0. The first-order valence-electron chi connectivity index (χ1n) is 9.82. The van der Waals surface area contributed by atoms with Crippen LogP contribution in [0.1, 0.15) is 36.5 Å². The Kier molecular flexibility index (Phi) is 4.69. The molecule has 4 nitrogen and oxygen atoms in total. The molecule has 5 heteroatoms. The lowest BCUT2D eigenvalue weighted by Gasteiger charge is -2.41. The van der Waals surface area contributed by atoms with Crippen LogP contribution in [0.5, 0.6) is 0 Å². The highest BCUT2D eigenvalue weighted by molar-refractivity contribution is 5.95. The Morgan fingerprint density at radius 2 is 1.86 bits per heavy atom. The topological polar surface area (TPSA) is 40.6 Å². The van der Waals surface area contributed by atoms with Crippen LogP contribution in [0.25, 0.3) is 0 Å². The minimum absolute atomic E-state index is 0.00448. The SMILES string of the molecule is Cc1cccc(CN2CCN(C(=O)C3(c4ccc(F)cc4)CC3)[C@@H](C)C2=O)c1. The highest BCUT2D eigenvalue weighted by atomic mass is 19.1. The smallest absolute Gasteiger partial charge is 0.245 e. The average molecular weight is 380 g/mol. The van der Waals surface area contributed by atoms with E-state index in [-0.39, 0.29) is 17.6 Å². The van der Waals surface area contributed by atoms with Gasteiger partial charge in [0.2, 0.25) is 11.8 Å². The van der Waals surface area contributed by atoms with Crippen molar-refractivity contribution in [3.63, 3.8) is 0 Å². The van der Waals surface area contributed by atoms with E-state index in [1.165, 1.54) is 17.7 Å². The van der Waals surface area contributed by atoms with E-state index in [0.29, 0.717) is 19.6 Å². The number of amides is 2. The normalized spacial score (nSPS) is 21.0. The summed E-state index contributed by atoms with van der Waals surface area (Å²) in [7, 11) is 0. The van der Waals surface area contributed by atoms with E-state index in [2.05, 4.69) is 6.07 Å². The van der Waals surface area contributed by atoms with E-state index in [0.717, 1.165) is 24.0 Å². The van der Waals surface area contributed by atoms with E-state index in [9.17, 15) is 14.0 Å². The highest BCUT2D eigenvalue weighted by Crippen LogP contribution is 2.50. The second-order valence-electron chi connectivity index (χ2n) is 8.01. The van der Waals surface area contributed by atoms with Crippen molar-refractivity contribution in [3.05, 3.63) is 71.0 Å². The van der Waals surface area contributed by atoms with Gasteiger partial charge in [-0.15, -0.1) is 0 Å². The van der Waals surface area contributed by atoms with Gasteiger partial charge in [0.15, 0.2) is 0 Å². The minimum Gasteiger partial charge on any atom is -0.335 e. The first kappa shape index (κ1) is 18.7. The molecule has 28 heavy (non-hydrogen) atoms. The van der Waals surface area contributed by atoms with Gasteiger partial charge in [-0.1, -0.05) is 42.0 Å². The zero-order valence-electron chi connectivity index (χ0n) is 16.3. The number of benzene rings is 2. The Balaban J connectivity index is 1.48. The molecule has 0 aromatic heterocycles. The number of halogens is 1. The van der Waals surface area contributed by atoms with Crippen molar-refractivity contribution in [3.8, 4) is 0 Å². The number of carbonyl (C=O) groups is 2. The van der Waals surface area contributed by atoms with Crippen LogP contribution in [0.3, 0.4) is 0 Å². The number of hydrogen-bond donors (Lipinski definition) is 0. The summed E-state index contributed by atoms with van der Waals surface area (Å²) in [5.74, 6) is -0.327. The molecule has 2 aliphatic rings. The van der Waals surface area contributed by atoms with Gasteiger partial charge in [0.25, 0.3) is 0 Å². The van der Waals surface area contributed by atoms with Gasteiger partial charge in [-0.3, -0.25) is 9.59 Å². The fourth-order valence-corrected chi connectivity index (χ4v) is 4.19. The fraction of sp³-hybridized carbons (Fsp3) is 0.391. The number of carbonyl (C=O) groups excluding carboxylic acids is 2. The monoisotopic (exact) mass is 380 g/mol. The zero-order chi connectivity index (χ0) is 19.9. The first-order chi connectivity index (χ1) is 13.4. The minimum atomic E-state index is -0.582. The highest BCUT2D eigenvalue weighted by Gasteiger charge is 2.54. The number of piperazine rings is 1. The molecule has 0 bridgehead atoms. The van der Waals surface area contributed by atoms with Crippen molar-refractivity contribution in [2.75, 3.05) is 13.1 Å². The molecular formula is C23H25FN2O2. The summed E-state index contributed by atoms with van der Waals surface area (Å²) < 4.78 is 13.3. The van der Waals surface area contributed by atoms with E-state index >= 15 is 0 Å². The van der Waals surface area contributed by atoms with Crippen molar-refractivity contribution in [2.45, 2.75) is 44.7 Å². The third kappa shape index (κ3) is 3.30. The van der Waals surface area contributed by atoms with Crippen LogP contribution in [0.15, 0.2) is 48.5 Å². The van der Waals surface area contributed by atoms with Crippen molar-refractivity contribution < 1.29 is 14.0 Å². The molecule has 2 fully saturated rings. The van der Waals surface area contributed by atoms with Crippen LogP contribution in [0.2, 0.25) is 0 Å². The molecule has 0 N–H and O–H groups in total. The van der Waals surface area contributed by atoms with Gasteiger partial charge < -0.3 is 9.80 Å². The van der Waals surface area contributed by atoms with Gasteiger partial charge in [-0.25, -0.2) is 4.39 Å². The quantitative estimate of drug-likeness (QED) is 0.815. The van der Waals surface area contributed by atoms with E-state index in [1.807, 2.05) is 36.9 Å². The lowest BCUT2D eigenvalue weighted by atomic mass is 9.93. The van der Waals surface area contributed by atoms with Crippen LogP contribution in [-0.4, -0.2) is 40.7 Å². The molecular weight excluding hydrogens is 355 g/mol. The summed E-state index contributed by atoms with van der Waals surface area (Å²) in [6.07, 6.45) is 1.50. The van der Waals surface area contributed by atoms with Gasteiger partial charge in [-0.2, -0.15) is 0 Å². The summed E-state index contributed by atoms with van der Waals surface area (Å²) >= 11 is 0. The van der Waals surface area contributed by atoms with Crippen molar-refractivity contribution in [1.82, 2.24) is 9.80 Å². The average Bonchev–Trinajstić information content (AvgIpc) is 3.48. The van der Waals surface area contributed by atoms with Crippen LogP contribution in [0.4, 0.5) is 4.39 Å². The molecule has 1 saturated carbocycles. The molecule has 146 valence electrons. The summed E-state index contributed by atoms with van der Waals surface area (Å²) in [6.45, 7) is 5.47. The molecule has 0 spiro atoms. The molecule has 1 aliphatic heterocycles. The predicted molar refractivity (Wildman–Crippen MR) is 105 cm³/mol. The molecule has 2 aromatic carbocycles. The zero-order valence-corrected chi connectivity index (χ0v) is 16.3.